The summed E-state index contributed by atoms with van der Waals surface area (Å²) in [5.41, 5.74) is 0.442. The van der Waals surface area contributed by atoms with E-state index in [9.17, 15) is 8.42 Å². The third-order valence-electron chi connectivity index (χ3n) is 4.44. The van der Waals surface area contributed by atoms with Crippen LogP contribution in [0.4, 0.5) is 17.5 Å². The van der Waals surface area contributed by atoms with E-state index in [4.69, 9.17) is 11.6 Å². The summed E-state index contributed by atoms with van der Waals surface area (Å²) < 4.78 is 25.3. The molecule has 0 bridgehead atoms. The van der Waals surface area contributed by atoms with Crippen molar-refractivity contribution in [3.63, 3.8) is 0 Å². The maximum absolute atomic E-state index is 12.6. The van der Waals surface area contributed by atoms with Crippen LogP contribution in [0.5, 0.6) is 0 Å². The second kappa shape index (κ2) is 8.41. The molecule has 27 heavy (non-hydrogen) atoms. The lowest BCUT2D eigenvalue weighted by molar-refractivity contribution is 0.478. The summed E-state index contributed by atoms with van der Waals surface area (Å²) in [6, 6.07) is 7.00. The summed E-state index contributed by atoms with van der Waals surface area (Å²) in [7, 11) is -3.45. The van der Waals surface area contributed by atoms with E-state index >= 15 is 0 Å². The normalized spacial score (nSPS) is 17.7. The quantitative estimate of drug-likeness (QED) is 0.674. The molecule has 1 aromatic heterocycles. The molecular weight excluding hydrogens is 386 g/mol. The highest BCUT2D eigenvalue weighted by atomic mass is 35.5. The Kier molecular flexibility index (Phi) is 6.18. The molecule has 7 nitrogen and oxygen atoms in total. The number of aromatic nitrogens is 2. The summed E-state index contributed by atoms with van der Waals surface area (Å²) in [4.78, 5) is 8.90. The average molecular weight is 410 g/mol. The number of benzene rings is 1. The molecule has 1 fully saturated rings. The standard InChI is InChI=1S/C18H24ClN5O2S/c1-12(2)27(25,26)16-8-4-3-7-15(16)23-17-14(19)11-21-18(24-17)22-13-6-5-9-20-10-13/h3-4,7-8,11-13,20H,5-6,9-10H2,1-2H3,(H2,21,22,23,24). The van der Waals surface area contributed by atoms with Gasteiger partial charge >= 0.3 is 0 Å². The number of hydrogen-bond donors (Lipinski definition) is 3. The van der Waals surface area contributed by atoms with E-state index in [1.165, 1.54) is 6.20 Å². The molecule has 2 aromatic rings. The zero-order valence-electron chi connectivity index (χ0n) is 15.4. The number of hydrogen-bond acceptors (Lipinski definition) is 7. The van der Waals surface area contributed by atoms with E-state index in [0.29, 0.717) is 22.5 Å². The second-order valence-corrected chi connectivity index (χ2v) is 9.67. The molecule has 0 amide bonds. The minimum atomic E-state index is -3.45. The Bertz CT molecular complexity index is 898. The molecule has 0 spiro atoms. The van der Waals surface area contributed by atoms with Gasteiger partial charge in [-0.25, -0.2) is 13.4 Å². The number of rotatable bonds is 6. The van der Waals surface area contributed by atoms with Crippen LogP contribution in [0, 0.1) is 0 Å². The van der Waals surface area contributed by atoms with Gasteiger partial charge in [0.15, 0.2) is 15.7 Å². The molecule has 1 saturated heterocycles. The maximum Gasteiger partial charge on any atom is 0.224 e. The Morgan fingerprint density at radius 1 is 1.30 bits per heavy atom. The minimum absolute atomic E-state index is 0.223. The first-order valence-corrected chi connectivity index (χ1v) is 10.9. The Hall–Kier alpha value is -1.90. The van der Waals surface area contributed by atoms with Gasteiger partial charge in [0.05, 0.1) is 22.0 Å². The number of nitrogens with one attached hydrogen (secondary N) is 3. The molecule has 1 atom stereocenters. The first kappa shape index (κ1) is 19.9. The van der Waals surface area contributed by atoms with E-state index in [2.05, 4.69) is 25.9 Å². The van der Waals surface area contributed by atoms with Crippen LogP contribution in [-0.4, -0.2) is 42.8 Å². The summed E-state index contributed by atoms with van der Waals surface area (Å²) in [5.74, 6) is 0.823. The minimum Gasteiger partial charge on any atom is -0.350 e. The van der Waals surface area contributed by atoms with Crippen LogP contribution in [0.2, 0.25) is 5.02 Å². The molecule has 0 aliphatic carbocycles. The highest BCUT2D eigenvalue weighted by molar-refractivity contribution is 7.92. The summed E-state index contributed by atoms with van der Waals surface area (Å²) in [6.45, 7) is 5.19. The monoisotopic (exact) mass is 409 g/mol. The smallest absolute Gasteiger partial charge is 0.224 e. The van der Waals surface area contributed by atoms with E-state index < -0.39 is 15.1 Å². The van der Waals surface area contributed by atoms with Crippen LogP contribution < -0.4 is 16.0 Å². The predicted octanol–water partition coefficient (Wildman–Crippen LogP) is 3.22. The second-order valence-electron chi connectivity index (χ2n) is 6.79. The van der Waals surface area contributed by atoms with Gasteiger partial charge in [-0.3, -0.25) is 0 Å². The van der Waals surface area contributed by atoms with Crippen molar-refractivity contribution in [3.8, 4) is 0 Å². The number of nitrogens with zero attached hydrogens (tertiary/aromatic N) is 2. The van der Waals surface area contributed by atoms with Crippen molar-refractivity contribution in [2.45, 2.75) is 42.9 Å². The largest absolute Gasteiger partial charge is 0.350 e. The third-order valence-corrected chi connectivity index (χ3v) is 6.93. The van der Waals surface area contributed by atoms with Crippen LogP contribution in [0.15, 0.2) is 35.4 Å². The summed E-state index contributed by atoms with van der Waals surface area (Å²) in [6.07, 6.45) is 3.64. The number of anilines is 3. The van der Waals surface area contributed by atoms with Crippen molar-refractivity contribution < 1.29 is 8.42 Å². The van der Waals surface area contributed by atoms with E-state index in [-0.39, 0.29) is 10.9 Å². The number of sulfone groups is 1. The molecule has 1 aliphatic rings. The van der Waals surface area contributed by atoms with Crippen molar-refractivity contribution >= 4 is 38.9 Å². The molecule has 3 rings (SSSR count). The molecule has 0 saturated carbocycles. The number of halogens is 1. The molecule has 1 aliphatic heterocycles. The van der Waals surface area contributed by atoms with Crippen LogP contribution >= 0.6 is 11.6 Å². The van der Waals surface area contributed by atoms with Crippen molar-refractivity contribution in [1.29, 1.82) is 0 Å². The number of piperidine rings is 1. The Balaban J connectivity index is 1.87. The van der Waals surface area contributed by atoms with Crippen molar-refractivity contribution in [3.05, 3.63) is 35.5 Å². The van der Waals surface area contributed by atoms with E-state index in [1.807, 2.05) is 0 Å². The molecule has 3 N–H and O–H groups in total. The van der Waals surface area contributed by atoms with E-state index in [1.54, 1.807) is 38.1 Å². The Labute approximate surface area is 164 Å². The topological polar surface area (TPSA) is 96.0 Å². The highest BCUT2D eigenvalue weighted by Crippen LogP contribution is 2.30. The summed E-state index contributed by atoms with van der Waals surface area (Å²) in [5, 5.41) is 9.47. The van der Waals surface area contributed by atoms with Gasteiger partial charge < -0.3 is 16.0 Å². The SMILES string of the molecule is CC(C)S(=O)(=O)c1ccccc1Nc1nc(NC2CCCNC2)ncc1Cl. The zero-order chi connectivity index (χ0) is 19.4. The highest BCUT2D eigenvalue weighted by Gasteiger charge is 2.23. The van der Waals surface area contributed by atoms with Gasteiger partial charge in [0.1, 0.15) is 5.02 Å². The van der Waals surface area contributed by atoms with Gasteiger partial charge in [-0.05, 0) is 45.4 Å². The Morgan fingerprint density at radius 2 is 2.07 bits per heavy atom. The fraction of sp³-hybridized carbons (Fsp3) is 0.444. The van der Waals surface area contributed by atoms with Gasteiger partial charge in [-0.1, -0.05) is 23.7 Å². The molecule has 1 unspecified atom stereocenters. The molecule has 0 radical (unpaired) electrons. The molecule has 146 valence electrons. The van der Waals surface area contributed by atoms with Crippen LogP contribution in [0.25, 0.3) is 0 Å². The molecular formula is C18H24ClN5O2S. The van der Waals surface area contributed by atoms with Gasteiger partial charge in [0.2, 0.25) is 5.95 Å². The van der Waals surface area contributed by atoms with Crippen LogP contribution in [-0.2, 0) is 9.84 Å². The van der Waals surface area contributed by atoms with Crippen molar-refractivity contribution in [1.82, 2.24) is 15.3 Å². The maximum atomic E-state index is 12.6. The van der Waals surface area contributed by atoms with Crippen molar-refractivity contribution in [2.24, 2.45) is 0 Å². The lowest BCUT2D eigenvalue weighted by Crippen LogP contribution is -2.38. The van der Waals surface area contributed by atoms with Gasteiger partial charge in [-0.2, -0.15) is 4.98 Å². The molecule has 1 aromatic carbocycles. The lowest BCUT2D eigenvalue weighted by Gasteiger charge is -2.24. The van der Waals surface area contributed by atoms with Gasteiger partial charge in [0.25, 0.3) is 0 Å². The Morgan fingerprint density at radius 3 is 2.78 bits per heavy atom. The lowest BCUT2D eigenvalue weighted by atomic mass is 10.1. The molecule has 9 heteroatoms. The first-order chi connectivity index (χ1) is 12.9. The third kappa shape index (κ3) is 4.69. The van der Waals surface area contributed by atoms with Crippen molar-refractivity contribution in [2.75, 3.05) is 23.7 Å². The van der Waals surface area contributed by atoms with E-state index in [0.717, 1.165) is 25.9 Å². The fourth-order valence-corrected chi connectivity index (χ4v) is 4.22. The molecule has 2 heterocycles. The van der Waals surface area contributed by atoms with Gasteiger partial charge in [0, 0.05) is 12.6 Å². The summed E-state index contributed by atoms with van der Waals surface area (Å²) >= 11 is 6.24. The predicted molar refractivity (Wildman–Crippen MR) is 109 cm³/mol. The fourth-order valence-electron chi connectivity index (χ4n) is 2.88. The van der Waals surface area contributed by atoms with Crippen LogP contribution in [0.3, 0.4) is 0 Å². The van der Waals surface area contributed by atoms with Gasteiger partial charge in [-0.15, -0.1) is 0 Å². The van der Waals surface area contributed by atoms with Crippen LogP contribution in [0.1, 0.15) is 26.7 Å². The first-order valence-electron chi connectivity index (χ1n) is 8.97. The number of para-hydroxylation sites is 1. The zero-order valence-corrected chi connectivity index (χ0v) is 16.9. The average Bonchev–Trinajstić information content (AvgIpc) is 2.65.